The molecule has 3 saturated heterocycles. The van der Waals surface area contributed by atoms with Crippen molar-refractivity contribution < 1.29 is 23.5 Å². The third kappa shape index (κ3) is 3.12. The van der Waals surface area contributed by atoms with E-state index in [1.54, 1.807) is 19.1 Å². The van der Waals surface area contributed by atoms with E-state index in [-0.39, 0.29) is 47.8 Å². The van der Waals surface area contributed by atoms with Crippen molar-refractivity contribution in [1.29, 1.82) is 0 Å². The molecule has 6 nitrogen and oxygen atoms in total. The molecule has 0 radical (unpaired) electrons. The van der Waals surface area contributed by atoms with Gasteiger partial charge in [0, 0.05) is 37.6 Å². The van der Waals surface area contributed by atoms with Crippen LogP contribution in [0.1, 0.15) is 28.8 Å². The smallest absolute Gasteiger partial charge is 0.251 e. The molecule has 3 fully saturated rings. The second-order valence-corrected chi connectivity index (χ2v) is 7.91. The van der Waals surface area contributed by atoms with Gasteiger partial charge in [-0.25, -0.2) is 4.39 Å². The molecule has 146 valence electrons. The van der Waals surface area contributed by atoms with E-state index in [0.717, 1.165) is 12.8 Å². The number of nitrogens with one attached hydrogen (secondary N) is 1. The first kappa shape index (κ1) is 18.4. The van der Waals surface area contributed by atoms with E-state index >= 15 is 0 Å². The van der Waals surface area contributed by atoms with Gasteiger partial charge in [-0.05, 0) is 37.5 Å². The predicted molar refractivity (Wildman–Crippen MR) is 95.7 cm³/mol. The highest BCUT2D eigenvalue weighted by Gasteiger charge is 2.63. The minimum atomic E-state index is -0.382. The number of methoxy groups -OCH3 is 1. The van der Waals surface area contributed by atoms with Crippen LogP contribution in [0.2, 0.25) is 0 Å². The molecule has 3 aliphatic rings. The third-order valence-corrected chi connectivity index (χ3v) is 6.34. The quantitative estimate of drug-likeness (QED) is 0.846. The highest BCUT2D eigenvalue weighted by atomic mass is 19.1. The van der Waals surface area contributed by atoms with Gasteiger partial charge in [0.25, 0.3) is 5.91 Å². The van der Waals surface area contributed by atoms with Gasteiger partial charge in [-0.1, -0.05) is 6.07 Å². The van der Waals surface area contributed by atoms with E-state index in [2.05, 4.69) is 5.32 Å². The van der Waals surface area contributed by atoms with E-state index in [1.165, 1.54) is 13.2 Å². The van der Waals surface area contributed by atoms with Gasteiger partial charge < -0.3 is 19.7 Å². The van der Waals surface area contributed by atoms with Crippen molar-refractivity contribution in [3.8, 4) is 0 Å². The van der Waals surface area contributed by atoms with Gasteiger partial charge in [0.1, 0.15) is 12.4 Å². The molecule has 0 unspecified atom stereocenters. The Bertz CT molecular complexity index is 770. The standard InChI is InChI=1S/C20H25FN2O4/c1-12-3-4-13(7-16(12)21)19(25)22-8-14-15-9-23(18(24)10-26-2)11-20(15)6-5-17(14)27-20/h3-4,7,14-15,17H,5-6,8-11H2,1-2H3,(H,22,25)/t14-,15+,17+,20+/m0/s1. The van der Waals surface area contributed by atoms with Gasteiger partial charge in [0.15, 0.2) is 0 Å². The summed E-state index contributed by atoms with van der Waals surface area (Å²) in [5, 5.41) is 2.94. The van der Waals surface area contributed by atoms with Crippen LogP contribution in [0, 0.1) is 24.6 Å². The molecule has 7 heteroatoms. The summed E-state index contributed by atoms with van der Waals surface area (Å²) in [4.78, 5) is 26.4. The number of likely N-dealkylation sites (tertiary alicyclic amines) is 1. The monoisotopic (exact) mass is 376 g/mol. The number of carbonyl (C=O) groups is 2. The first-order valence-electron chi connectivity index (χ1n) is 9.42. The number of ether oxygens (including phenoxy) is 2. The maximum Gasteiger partial charge on any atom is 0.251 e. The minimum Gasteiger partial charge on any atom is -0.375 e. The van der Waals surface area contributed by atoms with Crippen LogP contribution in [-0.4, -0.2) is 61.8 Å². The highest BCUT2D eigenvalue weighted by molar-refractivity contribution is 5.94. The average molecular weight is 376 g/mol. The number of nitrogens with zero attached hydrogens (tertiary/aromatic N) is 1. The van der Waals surface area contributed by atoms with Crippen molar-refractivity contribution in [2.24, 2.45) is 11.8 Å². The SMILES string of the molecule is COCC(=O)N1C[C@@H]2[C@H](CNC(=O)c3ccc(C)c(F)c3)[C@H]3CC[C@]2(C1)O3. The zero-order valence-electron chi connectivity index (χ0n) is 15.7. The lowest BCUT2D eigenvalue weighted by Gasteiger charge is -2.29. The van der Waals surface area contributed by atoms with Gasteiger partial charge in [0.2, 0.25) is 5.91 Å². The van der Waals surface area contributed by atoms with Crippen LogP contribution in [0.3, 0.4) is 0 Å². The lowest BCUT2D eigenvalue weighted by molar-refractivity contribution is -0.135. The average Bonchev–Trinajstić information content (AvgIpc) is 3.30. The third-order valence-electron chi connectivity index (χ3n) is 6.34. The fraction of sp³-hybridized carbons (Fsp3) is 0.600. The number of halogens is 1. The van der Waals surface area contributed by atoms with Gasteiger partial charge in [-0.15, -0.1) is 0 Å². The van der Waals surface area contributed by atoms with Crippen molar-refractivity contribution >= 4 is 11.8 Å². The molecule has 4 atom stereocenters. The van der Waals surface area contributed by atoms with Crippen molar-refractivity contribution in [2.75, 3.05) is 33.4 Å². The lowest BCUT2D eigenvalue weighted by atomic mass is 9.73. The Hall–Kier alpha value is -1.99. The first-order chi connectivity index (χ1) is 12.9. The summed E-state index contributed by atoms with van der Waals surface area (Å²) in [5.41, 5.74) is 0.557. The number of amides is 2. The Balaban J connectivity index is 1.42. The number of rotatable bonds is 5. The molecule has 0 aliphatic carbocycles. The van der Waals surface area contributed by atoms with Gasteiger partial charge in [-0.3, -0.25) is 9.59 Å². The van der Waals surface area contributed by atoms with Crippen LogP contribution in [-0.2, 0) is 14.3 Å². The molecule has 1 aromatic rings. The summed E-state index contributed by atoms with van der Waals surface area (Å²) in [5.74, 6) is -0.305. The van der Waals surface area contributed by atoms with E-state index in [9.17, 15) is 14.0 Å². The molecule has 3 heterocycles. The van der Waals surface area contributed by atoms with Gasteiger partial charge in [-0.2, -0.15) is 0 Å². The Morgan fingerprint density at radius 2 is 2.26 bits per heavy atom. The summed E-state index contributed by atoms with van der Waals surface area (Å²) in [6.45, 7) is 3.45. The molecule has 2 amide bonds. The second kappa shape index (κ2) is 6.87. The van der Waals surface area contributed by atoms with Crippen LogP contribution < -0.4 is 5.32 Å². The summed E-state index contributed by atoms with van der Waals surface area (Å²) in [6, 6.07) is 4.51. The fourth-order valence-electron chi connectivity index (χ4n) is 4.91. The van der Waals surface area contributed by atoms with E-state index in [1.807, 2.05) is 4.90 Å². The number of aryl methyl sites for hydroxylation is 1. The van der Waals surface area contributed by atoms with Gasteiger partial charge in [0.05, 0.1) is 18.2 Å². The fourth-order valence-corrected chi connectivity index (χ4v) is 4.91. The summed E-state index contributed by atoms with van der Waals surface area (Å²) in [7, 11) is 1.52. The highest BCUT2D eigenvalue weighted by Crippen LogP contribution is 2.54. The number of benzene rings is 1. The molecular weight excluding hydrogens is 351 g/mol. The first-order valence-corrected chi connectivity index (χ1v) is 9.42. The van der Waals surface area contributed by atoms with E-state index < -0.39 is 0 Å². The maximum absolute atomic E-state index is 13.7. The lowest BCUT2D eigenvalue weighted by Crippen LogP contribution is -2.41. The molecule has 0 aromatic heterocycles. The van der Waals surface area contributed by atoms with Gasteiger partial charge >= 0.3 is 0 Å². The van der Waals surface area contributed by atoms with E-state index in [0.29, 0.717) is 30.8 Å². The number of hydrogen-bond acceptors (Lipinski definition) is 4. The van der Waals surface area contributed by atoms with Crippen molar-refractivity contribution in [2.45, 2.75) is 31.5 Å². The zero-order valence-corrected chi connectivity index (χ0v) is 15.7. The number of carbonyl (C=O) groups excluding carboxylic acids is 2. The minimum absolute atomic E-state index is 0.0220. The molecule has 0 saturated carbocycles. The van der Waals surface area contributed by atoms with E-state index in [4.69, 9.17) is 9.47 Å². The molecule has 1 spiro atoms. The van der Waals surface area contributed by atoms with Crippen molar-refractivity contribution in [3.63, 3.8) is 0 Å². The summed E-state index contributed by atoms with van der Waals surface area (Å²) in [6.07, 6.45) is 2.01. The molecular formula is C20H25FN2O4. The predicted octanol–water partition coefficient (Wildman–Crippen LogP) is 1.52. The normalized spacial score (nSPS) is 31.2. The molecule has 3 aliphatic heterocycles. The van der Waals surface area contributed by atoms with Crippen molar-refractivity contribution in [3.05, 3.63) is 35.1 Å². The largest absolute Gasteiger partial charge is 0.375 e. The molecule has 27 heavy (non-hydrogen) atoms. The molecule has 1 aromatic carbocycles. The Labute approximate surface area is 158 Å². The zero-order chi connectivity index (χ0) is 19.2. The Morgan fingerprint density at radius 3 is 3.00 bits per heavy atom. The second-order valence-electron chi connectivity index (χ2n) is 7.91. The Morgan fingerprint density at radius 1 is 1.44 bits per heavy atom. The molecule has 1 N–H and O–H groups in total. The summed E-state index contributed by atoms with van der Waals surface area (Å²) >= 11 is 0. The molecule has 2 bridgehead atoms. The molecule has 4 rings (SSSR count). The van der Waals surface area contributed by atoms with Crippen molar-refractivity contribution in [1.82, 2.24) is 10.2 Å². The van der Waals surface area contributed by atoms with Crippen LogP contribution in [0.15, 0.2) is 18.2 Å². The number of fused-ring (bicyclic) bond motifs is 1. The van der Waals surface area contributed by atoms with Crippen LogP contribution in [0.5, 0.6) is 0 Å². The number of hydrogen-bond donors (Lipinski definition) is 1. The topological polar surface area (TPSA) is 67.9 Å². The van der Waals surface area contributed by atoms with Crippen LogP contribution in [0.4, 0.5) is 4.39 Å². The maximum atomic E-state index is 13.7. The summed E-state index contributed by atoms with van der Waals surface area (Å²) < 4.78 is 25.0. The van der Waals surface area contributed by atoms with Crippen LogP contribution >= 0.6 is 0 Å². The Kier molecular flexibility index (Phi) is 4.68. The van der Waals surface area contributed by atoms with Crippen LogP contribution in [0.25, 0.3) is 0 Å².